The summed E-state index contributed by atoms with van der Waals surface area (Å²) in [5.74, 6) is 0.235. The predicted molar refractivity (Wildman–Crippen MR) is 106 cm³/mol. The average Bonchev–Trinajstić information content (AvgIpc) is 3.03. The van der Waals surface area contributed by atoms with E-state index in [9.17, 15) is 9.59 Å². The fourth-order valence-electron chi connectivity index (χ4n) is 3.59. The summed E-state index contributed by atoms with van der Waals surface area (Å²) in [6.45, 7) is 2.45. The van der Waals surface area contributed by atoms with Crippen molar-refractivity contribution in [3.05, 3.63) is 63.0 Å². The maximum Gasteiger partial charge on any atom is 0.326 e. The Morgan fingerprint density at radius 3 is 2.96 bits per heavy atom. The van der Waals surface area contributed by atoms with Gasteiger partial charge in [0.1, 0.15) is 11.4 Å². The average molecular weight is 382 g/mol. The van der Waals surface area contributed by atoms with Crippen molar-refractivity contribution in [2.75, 3.05) is 6.61 Å². The SMILES string of the molecule is C[C@H]1CCc2c(sc3ncn(CC(=O)OCCc4ccccc4)c(=O)c23)C1. The molecule has 1 aliphatic rings. The minimum absolute atomic E-state index is 0.0996. The van der Waals surface area contributed by atoms with Gasteiger partial charge in [-0.15, -0.1) is 11.3 Å². The minimum atomic E-state index is -0.410. The lowest BCUT2D eigenvalue weighted by Gasteiger charge is -2.17. The van der Waals surface area contributed by atoms with E-state index < -0.39 is 5.97 Å². The Bertz CT molecular complexity index is 1020. The molecule has 1 aliphatic carbocycles. The van der Waals surface area contributed by atoms with Gasteiger partial charge in [0.05, 0.1) is 18.3 Å². The smallest absolute Gasteiger partial charge is 0.326 e. The molecular formula is C21H22N2O3S. The number of carbonyl (C=O) groups is 1. The Morgan fingerprint density at radius 1 is 1.33 bits per heavy atom. The molecule has 1 aromatic carbocycles. The molecule has 5 nitrogen and oxygen atoms in total. The molecule has 2 aromatic heterocycles. The number of nitrogens with zero attached hydrogens (tertiary/aromatic N) is 2. The van der Waals surface area contributed by atoms with Crippen LogP contribution in [0.25, 0.3) is 10.2 Å². The van der Waals surface area contributed by atoms with Crippen LogP contribution in [0, 0.1) is 5.92 Å². The number of hydrogen-bond donors (Lipinski definition) is 0. The van der Waals surface area contributed by atoms with Gasteiger partial charge in [0, 0.05) is 11.3 Å². The molecule has 0 N–H and O–H groups in total. The Balaban J connectivity index is 1.46. The molecule has 1 atom stereocenters. The molecule has 0 unspecified atom stereocenters. The lowest BCUT2D eigenvalue weighted by Crippen LogP contribution is -2.26. The third kappa shape index (κ3) is 3.81. The van der Waals surface area contributed by atoms with E-state index in [0.717, 1.165) is 35.2 Å². The molecule has 0 fully saturated rings. The van der Waals surface area contributed by atoms with Crippen molar-refractivity contribution >= 4 is 27.5 Å². The van der Waals surface area contributed by atoms with Gasteiger partial charge in [-0.1, -0.05) is 37.3 Å². The van der Waals surface area contributed by atoms with Crippen molar-refractivity contribution in [1.29, 1.82) is 0 Å². The van der Waals surface area contributed by atoms with Gasteiger partial charge >= 0.3 is 5.97 Å². The zero-order valence-electron chi connectivity index (χ0n) is 15.3. The Hall–Kier alpha value is -2.47. The van der Waals surface area contributed by atoms with Crippen molar-refractivity contribution in [2.24, 2.45) is 5.92 Å². The monoisotopic (exact) mass is 382 g/mol. The molecule has 0 amide bonds. The number of rotatable bonds is 5. The Morgan fingerprint density at radius 2 is 2.15 bits per heavy atom. The van der Waals surface area contributed by atoms with Crippen LogP contribution in [0.15, 0.2) is 41.5 Å². The van der Waals surface area contributed by atoms with E-state index in [-0.39, 0.29) is 12.1 Å². The molecule has 0 bridgehead atoms. The van der Waals surface area contributed by atoms with E-state index in [4.69, 9.17) is 4.74 Å². The molecule has 0 saturated heterocycles. The van der Waals surface area contributed by atoms with Crippen LogP contribution in [-0.4, -0.2) is 22.1 Å². The van der Waals surface area contributed by atoms with Crippen LogP contribution in [0.4, 0.5) is 0 Å². The van der Waals surface area contributed by atoms with Crippen LogP contribution in [0.1, 0.15) is 29.3 Å². The topological polar surface area (TPSA) is 61.2 Å². The minimum Gasteiger partial charge on any atom is -0.464 e. The molecule has 27 heavy (non-hydrogen) atoms. The van der Waals surface area contributed by atoms with Gasteiger partial charge in [-0.3, -0.25) is 14.2 Å². The maximum atomic E-state index is 12.9. The lowest BCUT2D eigenvalue weighted by atomic mass is 9.89. The van der Waals surface area contributed by atoms with Gasteiger partial charge in [0.25, 0.3) is 5.56 Å². The Kier molecular flexibility index (Phi) is 5.07. The first-order chi connectivity index (χ1) is 13.1. The zero-order chi connectivity index (χ0) is 18.8. The highest BCUT2D eigenvalue weighted by Gasteiger charge is 2.23. The zero-order valence-corrected chi connectivity index (χ0v) is 16.1. The highest BCUT2D eigenvalue weighted by Crippen LogP contribution is 2.35. The van der Waals surface area contributed by atoms with Gasteiger partial charge in [0.2, 0.25) is 0 Å². The van der Waals surface area contributed by atoms with Crippen molar-refractivity contribution in [3.8, 4) is 0 Å². The van der Waals surface area contributed by atoms with Gasteiger partial charge < -0.3 is 4.74 Å². The largest absolute Gasteiger partial charge is 0.464 e. The molecule has 2 heterocycles. The summed E-state index contributed by atoms with van der Waals surface area (Å²) in [6, 6.07) is 9.86. The first-order valence-corrected chi connectivity index (χ1v) is 10.1. The normalized spacial score (nSPS) is 16.3. The highest BCUT2D eigenvalue weighted by molar-refractivity contribution is 7.18. The molecule has 0 radical (unpaired) electrons. The molecule has 0 saturated carbocycles. The van der Waals surface area contributed by atoms with Crippen LogP contribution in [0.2, 0.25) is 0 Å². The van der Waals surface area contributed by atoms with Crippen molar-refractivity contribution < 1.29 is 9.53 Å². The maximum absolute atomic E-state index is 12.9. The molecule has 0 aliphatic heterocycles. The van der Waals surface area contributed by atoms with E-state index in [1.54, 1.807) is 11.3 Å². The number of aryl methyl sites for hydroxylation is 1. The number of aromatic nitrogens is 2. The van der Waals surface area contributed by atoms with Crippen molar-refractivity contribution in [2.45, 2.75) is 39.2 Å². The van der Waals surface area contributed by atoms with Crippen LogP contribution < -0.4 is 5.56 Å². The quantitative estimate of drug-likeness (QED) is 0.635. The van der Waals surface area contributed by atoms with Gasteiger partial charge in [-0.25, -0.2) is 4.98 Å². The second-order valence-corrected chi connectivity index (χ2v) is 8.25. The second kappa shape index (κ2) is 7.64. The summed E-state index contributed by atoms with van der Waals surface area (Å²) in [4.78, 5) is 31.5. The number of carbonyl (C=O) groups excluding carboxylic acids is 1. The molecule has 4 rings (SSSR count). The molecular weight excluding hydrogens is 360 g/mol. The third-order valence-corrected chi connectivity index (χ3v) is 6.24. The molecule has 6 heteroatoms. The van der Waals surface area contributed by atoms with Crippen molar-refractivity contribution in [1.82, 2.24) is 9.55 Å². The fraction of sp³-hybridized carbons (Fsp3) is 0.381. The van der Waals surface area contributed by atoms with Crippen molar-refractivity contribution in [3.63, 3.8) is 0 Å². The molecule has 0 spiro atoms. The van der Waals surface area contributed by atoms with Crippen LogP contribution in [0.5, 0.6) is 0 Å². The predicted octanol–water partition coefficient (Wildman–Crippen LogP) is 3.37. The third-order valence-electron chi connectivity index (χ3n) is 5.08. The number of fused-ring (bicyclic) bond motifs is 3. The summed E-state index contributed by atoms with van der Waals surface area (Å²) in [7, 11) is 0. The van der Waals surface area contributed by atoms with E-state index in [1.165, 1.54) is 15.8 Å². The van der Waals surface area contributed by atoms with E-state index in [0.29, 0.717) is 24.3 Å². The van der Waals surface area contributed by atoms with Gasteiger partial charge in [0.15, 0.2) is 0 Å². The number of hydrogen-bond acceptors (Lipinski definition) is 5. The lowest BCUT2D eigenvalue weighted by molar-refractivity contribution is -0.144. The first kappa shape index (κ1) is 17.9. The molecule has 3 aromatic rings. The fourth-order valence-corrected chi connectivity index (χ4v) is 4.93. The second-order valence-electron chi connectivity index (χ2n) is 7.17. The highest BCUT2D eigenvalue weighted by atomic mass is 32.1. The summed E-state index contributed by atoms with van der Waals surface area (Å²) in [5.41, 5.74) is 2.12. The van der Waals surface area contributed by atoms with Crippen LogP contribution in [-0.2, 0) is 35.3 Å². The van der Waals surface area contributed by atoms with Crippen LogP contribution >= 0.6 is 11.3 Å². The standard InChI is InChI=1S/C21H22N2O3S/c1-14-7-8-16-17(11-14)27-20-19(16)21(25)23(13-22-20)12-18(24)26-10-9-15-5-3-2-4-6-15/h2-6,13-14H,7-12H2,1H3/t14-/m0/s1. The van der Waals surface area contributed by atoms with Gasteiger partial charge in [-0.2, -0.15) is 0 Å². The summed E-state index contributed by atoms with van der Waals surface area (Å²) >= 11 is 1.62. The van der Waals surface area contributed by atoms with Gasteiger partial charge in [-0.05, 0) is 36.3 Å². The summed E-state index contributed by atoms with van der Waals surface area (Å²) in [6.07, 6.45) is 5.15. The van der Waals surface area contributed by atoms with E-state index in [1.807, 2.05) is 30.3 Å². The first-order valence-electron chi connectivity index (χ1n) is 9.31. The molecule has 140 valence electrons. The Labute approximate surface area is 161 Å². The number of esters is 1. The number of thiophene rings is 1. The van der Waals surface area contributed by atoms with E-state index in [2.05, 4.69) is 11.9 Å². The van der Waals surface area contributed by atoms with E-state index >= 15 is 0 Å². The summed E-state index contributed by atoms with van der Waals surface area (Å²) in [5, 5.41) is 0.696. The number of ether oxygens (including phenoxy) is 1. The number of benzene rings is 1. The summed E-state index contributed by atoms with van der Waals surface area (Å²) < 4.78 is 6.67. The van der Waals surface area contributed by atoms with Crippen LogP contribution in [0.3, 0.4) is 0 Å².